The number of aromatic amines is 1. The van der Waals surface area contributed by atoms with Crippen molar-refractivity contribution in [3.8, 4) is 0 Å². The molecule has 0 saturated carbocycles. The third-order valence-corrected chi connectivity index (χ3v) is 5.07. The number of sulfonamides is 1. The van der Waals surface area contributed by atoms with Gasteiger partial charge in [-0.1, -0.05) is 12.1 Å². The lowest BCUT2D eigenvalue weighted by Gasteiger charge is -2.06. The minimum atomic E-state index is -4.06. The van der Waals surface area contributed by atoms with E-state index in [2.05, 4.69) is 19.9 Å². The minimum Gasteiger partial charge on any atom is -0.263 e. The van der Waals surface area contributed by atoms with Crippen LogP contribution in [0.4, 0.5) is 13.2 Å². The molecule has 3 rings (SSSR count). The fraction of sp³-hybridized carbons (Fsp3) is 0.176. The van der Waals surface area contributed by atoms with E-state index < -0.39 is 26.6 Å². The predicted molar refractivity (Wildman–Crippen MR) is 90.8 cm³/mol. The van der Waals surface area contributed by atoms with Gasteiger partial charge < -0.3 is 0 Å². The van der Waals surface area contributed by atoms with Crippen LogP contribution in [0.15, 0.2) is 47.4 Å². The van der Waals surface area contributed by atoms with Gasteiger partial charge in [-0.25, -0.2) is 31.3 Å². The molecule has 0 aliphatic heterocycles. The summed E-state index contributed by atoms with van der Waals surface area (Å²) in [5.74, 6) is -1.45. The number of hydrogen-bond acceptors (Lipinski definition) is 4. The maximum Gasteiger partial charge on any atom is 0.240 e. The Hall–Kier alpha value is -2.72. The molecule has 0 unspecified atom stereocenters. The summed E-state index contributed by atoms with van der Waals surface area (Å²) >= 11 is 0. The zero-order valence-electron chi connectivity index (χ0n) is 13.9. The normalized spacial score (nSPS) is 11.7. The molecule has 6 nitrogen and oxygen atoms in total. The Bertz CT molecular complexity index is 1030. The highest BCUT2D eigenvalue weighted by Crippen LogP contribution is 2.13. The van der Waals surface area contributed by atoms with Crippen LogP contribution in [0.5, 0.6) is 0 Å². The standard InChI is InChI=1S/C17H15F3N4O2S/c18-12-3-1-2-11(6-12)7-17-22-16(23-24-17)4-5-21-27(25,26)15-9-13(19)8-14(20)10-15/h1-3,6,8-10,21H,4-5,7H2,(H,22,23,24). The van der Waals surface area contributed by atoms with Crippen molar-refractivity contribution in [3.05, 3.63) is 77.1 Å². The Morgan fingerprint density at radius 1 is 1.00 bits per heavy atom. The summed E-state index contributed by atoms with van der Waals surface area (Å²) in [4.78, 5) is 3.71. The molecule has 10 heteroatoms. The number of aromatic nitrogens is 3. The molecule has 2 N–H and O–H groups in total. The Morgan fingerprint density at radius 3 is 2.44 bits per heavy atom. The summed E-state index contributed by atoms with van der Waals surface area (Å²) in [6, 6.07) is 8.11. The molecule has 0 radical (unpaired) electrons. The van der Waals surface area contributed by atoms with Crippen LogP contribution >= 0.6 is 0 Å². The molecule has 0 fully saturated rings. The van der Waals surface area contributed by atoms with E-state index in [9.17, 15) is 21.6 Å². The highest BCUT2D eigenvalue weighted by atomic mass is 32.2. The van der Waals surface area contributed by atoms with Gasteiger partial charge in [-0.2, -0.15) is 5.10 Å². The summed E-state index contributed by atoms with van der Waals surface area (Å²) in [5, 5.41) is 6.68. The highest BCUT2D eigenvalue weighted by Gasteiger charge is 2.16. The highest BCUT2D eigenvalue weighted by molar-refractivity contribution is 7.89. The van der Waals surface area contributed by atoms with Crippen molar-refractivity contribution >= 4 is 10.0 Å². The van der Waals surface area contributed by atoms with Gasteiger partial charge in [0, 0.05) is 25.5 Å². The zero-order valence-corrected chi connectivity index (χ0v) is 14.7. The Morgan fingerprint density at radius 2 is 1.74 bits per heavy atom. The second-order valence-corrected chi connectivity index (χ2v) is 7.52. The van der Waals surface area contributed by atoms with Gasteiger partial charge in [0.25, 0.3) is 0 Å². The number of H-pyrrole nitrogens is 1. The Labute approximate surface area is 153 Å². The second kappa shape index (κ2) is 7.89. The van der Waals surface area contributed by atoms with Crippen molar-refractivity contribution in [2.24, 2.45) is 0 Å². The van der Waals surface area contributed by atoms with Crippen molar-refractivity contribution in [3.63, 3.8) is 0 Å². The van der Waals surface area contributed by atoms with Gasteiger partial charge in [0.2, 0.25) is 10.0 Å². The number of rotatable bonds is 7. The Balaban J connectivity index is 1.58. The van der Waals surface area contributed by atoms with Crippen molar-refractivity contribution in [2.45, 2.75) is 17.7 Å². The first-order chi connectivity index (χ1) is 12.8. The second-order valence-electron chi connectivity index (χ2n) is 5.76. The van der Waals surface area contributed by atoms with Gasteiger partial charge in [-0.3, -0.25) is 5.10 Å². The number of hydrogen-bond donors (Lipinski definition) is 2. The molecule has 0 bridgehead atoms. The van der Waals surface area contributed by atoms with Crippen LogP contribution in [0.25, 0.3) is 0 Å². The van der Waals surface area contributed by atoms with Crippen LogP contribution < -0.4 is 4.72 Å². The number of nitrogens with zero attached hydrogens (tertiary/aromatic N) is 2. The van der Waals surface area contributed by atoms with Crippen LogP contribution in [-0.4, -0.2) is 30.1 Å². The molecule has 1 aromatic heterocycles. The monoisotopic (exact) mass is 396 g/mol. The van der Waals surface area contributed by atoms with E-state index in [1.807, 2.05) is 0 Å². The van der Waals surface area contributed by atoms with Crippen LogP contribution in [0.1, 0.15) is 17.2 Å². The molecule has 0 spiro atoms. The largest absolute Gasteiger partial charge is 0.263 e. The topological polar surface area (TPSA) is 87.7 Å². The first-order valence-corrected chi connectivity index (χ1v) is 9.40. The van der Waals surface area contributed by atoms with Crippen molar-refractivity contribution in [1.82, 2.24) is 19.9 Å². The van der Waals surface area contributed by atoms with Crippen LogP contribution in [0.3, 0.4) is 0 Å². The van der Waals surface area contributed by atoms with E-state index >= 15 is 0 Å². The molecule has 27 heavy (non-hydrogen) atoms. The molecule has 142 valence electrons. The molecule has 1 heterocycles. The van der Waals surface area contributed by atoms with Gasteiger partial charge in [0.1, 0.15) is 23.3 Å². The van der Waals surface area contributed by atoms with Gasteiger partial charge in [0.15, 0.2) is 5.82 Å². The molecule has 3 aromatic rings. The quantitative estimate of drug-likeness (QED) is 0.642. The first-order valence-electron chi connectivity index (χ1n) is 7.92. The van der Waals surface area contributed by atoms with E-state index in [1.165, 1.54) is 12.1 Å². The van der Waals surface area contributed by atoms with E-state index in [1.54, 1.807) is 12.1 Å². The molecule has 2 aromatic carbocycles. The molecule has 0 amide bonds. The maximum atomic E-state index is 13.2. The lowest BCUT2D eigenvalue weighted by molar-refractivity contribution is 0.561. The SMILES string of the molecule is O=S(=O)(NCCc1n[nH]c(Cc2cccc(F)c2)n1)c1cc(F)cc(F)c1. The summed E-state index contributed by atoms with van der Waals surface area (Å²) in [6.07, 6.45) is 0.510. The number of benzene rings is 2. The average molecular weight is 396 g/mol. The molecule has 0 aliphatic carbocycles. The maximum absolute atomic E-state index is 13.2. The zero-order chi connectivity index (χ0) is 19.4. The molecule has 0 atom stereocenters. The first kappa shape index (κ1) is 19.1. The van der Waals surface area contributed by atoms with E-state index in [-0.39, 0.29) is 18.8 Å². The fourth-order valence-corrected chi connectivity index (χ4v) is 3.50. The van der Waals surface area contributed by atoms with Crippen LogP contribution in [0, 0.1) is 17.5 Å². The van der Waals surface area contributed by atoms with Gasteiger partial charge in [-0.15, -0.1) is 0 Å². The van der Waals surface area contributed by atoms with Gasteiger partial charge >= 0.3 is 0 Å². The molecular weight excluding hydrogens is 381 g/mol. The van der Waals surface area contributed by atoms with E-state index in [0.717, 1.165) is 12.1 Å². The summed E-state index contributed by atoms with van der Waals surface area (Å²) in [5.41, 5.74) is 0.714. The molecule has 0 aliphatic rings. The third kappa shape index (κ3) is 5.14. The fourth-order valence-electron chi connectivity index (χ4n) is 2.43. The van der Waals surface area contributed by atoms with Crippen LogP contribution in [0.2, 0.25) is 0 Å². The minimum absolute atomic E-state index is 0.0578. The van der Waals surface area contributed by atoms with Crippen molar-refractivity contribution in [2.75, 3.05) is 6.54 Å². The lowest BCUT2D eigenvalue weighted by atomic mass is 10.1. The van der Waals surface area contributed by atoms with E-state index in [4.69, 9.17) is 0 Å². The Kier molecular flexibility index (Phi) is 5.57. The van der Waals surface area contributed by atoms with Crippen LogP contribution in [-0.2, 0) is 22.9 Å². The lowest BCUT2D eigenvalue weighted by Crippen LogP contribution is -2.26. The summed E-state index contributed by atoms with van der Waals surface area (Å²) in [6.45, 7) is -0.0578. The molecule has 0 saturated heterocycles. The third-order valence-electron chi connectivity index (χ3n) is 3.63. The predicted octanol–water partition coefficient (Wildman–Crippen LogP) is 2.33. The van der Waals surface area contributed by atoms with E-state index in [0.29, 0.717) is 29.7 Å². The summed E-state index contributed by atoms with van der Waals surface area (Å²) in [7, 11) is -4.06. The summed E-state index contributed by atoms with van der Waals surface area (Å²) < 4.78 is 65.9. The number of halogens is 3. The van der Waals surface area contributed by atoms with Crippen molar-refractivity contribution in [1.29, 1.82) is 0 Å². The molecular formula is C17H15F3N4O2S. The number of nitrogens with one attached hydrogen (secondary N) is 2. The van der Waals surface area contributed by atoms with Gasteiger partial charge in [0.05, 0.1) is 4.90 Å². The van der Waals surface area contributed by atoms with Gasteiger partial charge in [-0.05, 0) is 29.8 Å². The average Bonchev–Trinajstić information content (AvgIpc) is 3.01. The van der Waals surface area contributed by atoms with Crippen molar-refractivity contribution < 1.29 is 21.6 Å². The smallest absolute Gasteiger partial charge is 0.240 e.